The monoisotopic (exact) mass is 461 g/mol. The lowest BCUT2D eigenvalue weighted by Gasteiger charge is -2.41. The van der Waals surface area contributed by atoms with Crippen LogP contribution in [0, 0.1) is 23.0 Å². The first kappa shape index (κ1) is 21.8. The summed E-state index contributed by atoms with van der Waals surface area (Å²) in [4.78, 5) is 4.39. The van der Waals surface area contributed by atoms with E-state index in [1.807, 2.05) is 6.07 Å². The largest absolute Gasteiger partial charge is 0.496 e. The van der Waals surface area contributed by atoms with Gasteiger partial charge in [-0.15, -0.1) is 0 Å². The predicted octanol–water partition coefficient (Wildman–Crippen LogP) is 4.59. The Hall–Kier alpha value is -4.03. The first-order chi connectivity index (χ1) is 16.2. The SMILES string of the molecule is COc1cc(-c2ccccc2F)nc2c(F)c(-c3nn(C4CC(C)(O)C4)c(N)c3C#N)ccc12. The highest BCUT2D eigenvalue weighted by Gasteiger charge is 2.41. The van der Waals surface area contributed by atoms with Crippen molar-refractivity contribution in [2.75, 3.05) is 12.8 Å². The second-order valence-electron chi connectivity index (χ2n) is 8.74. The number of pyridine rings is 1. The van der Waals surface area contributed by atoms with Gasteiger partial charge < -0.3 is 15.6 Å². The van der Waals surface area contributed by atoms with Crippen molar-refractivity contribution in [2.24, 2.45) is 0 Å². The second-order valence-corrected chi connectivity index (χ2v) is 8.74. The summed E-state index contributed by atoms with van der Waals surface area (Å²) >= 11 is 0. The van der Waals surface area contributed by atoms with Crippen LogP contribution in [-0.4, -0.2) is 32.6 Å². The number of fused-ring (bicyclic) bond motifs is 1. The van der Waals surface area contributed by atoms with Crippen LogP contribution in [0.5, 0.6) is 5.75 Å². The minimum Gasteiger partial charge on any atom is -0.496 e. The highest BCUT2D eigenvalue weighted by molar-refractivity contribution is 5.92. The van der Waals surface area contributed by atoms with Gasteiger partial charge in [-0.2, -0.15) is 10.4 Å². The Balaban J connectivity index is 1.70. The maximum atomic E-state index is 15.9. The zero-order valence-corrected chi connectivity index (χ0v) is 18.5. The lowest BCUT2D eigenvalue weighted by atomic mass is 9.77. The lowest BCUT2D eigenvalue weighted by Crippen LogP contribution is -2.42. The number of benzene rings is 2. The fourth-order valence-electron chi connectivity index (χ4n) is 4.54. The molecular formula is C25H21F2N5O2. The standard InChI is InChI=1S/C25H21F2N5O2/c1-25(33)10-13(11-25)32-24(29)17(12-28)22(31-32)16-8-7-15-20(34-2)9-19(30-23(15)21(16)27)14-5-3-4-6-18(14)26/h3-9,13,33H,10-11,29H2,1-2H3. The molecule has 2 aromatic carbocycles. The van der Waals surface area contributed by atoms with Gasteiger partial charge in [-0.3, -0.25) is 0 Å². The summed E-state index contributed by atoms with van der Waals surface area (Å²) in [6.45, 7) is 1.71. The number of halogens is 2. The second kappa shape index (κ2) is 7.78. The molecule has 0 amide bonds. The van der Waals surface area contributed by atoms with E-state index in [2.05, 4.69) is 10.1 Å². The number of methoxy groups -OCH3 is 1. The topological polar surface area (TPSA) is 110 Å². The maximum absolute atomic E-state index is 15.9. The van der Waals surface area contributed by atoms with Gasteiger partial charge >= 0.3 is 0 Å². The molecular weight excluding hydrogens is 440 g/mol. The van der Waals surface area contributed by atoms with E-state index in [0.29, 0.717) is 24.0 Å². The van der Waals surface area contributed by atoms with E-state index in [1.165, 1.54) is 23.9 Å². The molecule has 4 aromatic rings. The number of hydrogen-bond acceptors (Lipinski definition) is 6. The number of ether oxygens (including phenoxy) is 1. The third kappa shape index (κ3) is 3.35. The van der Waals surface area contributed by atoms with Crippen molar-refractivity contribution < 1.29 is 18.6 Å². The average molecular weight is 461 g/mol. The third-order valence-corrected chi connectivity index (χ3v) is 6.26. The van der Waals surface area contributed by atoms with Crippen molar-refractivity contribution in [1.82, 2.24) is 14.8 Å². The van der Waals surface area contributed by atoms with Gasteiger partial charge in [0.2, 0.25) is 0 Å². The van der Waals surface area contributed by atoms with Crippen molar-refractivity contribution in [2.45, 2.75) is 31.4 Å². The van der Waals surface area contributed by atoms with E-state index in [9.17, 15) is 14.8 Å². The van der Waals surface area contributed by atoms with Gasteiger partial charge in [0.1, 0.15) is 40.2 Å². The normalized spacial score (nSPS) is 19.6. The summed E-state index contributed by atoms with van der Waals surface area (Å²) in [7, 11) is 1.44. The molecule has 0 aliphatic heterocycles. The Morgan fingerprint density at radius 1 is 1.21 bits per heavy atom. The maximum Gasteiger partial charge on any atom is 0.159 e. The molecule has 172 valence electrons. The number of hydrogen-bond donors (Lipinski definition) is 2. The van der Waals surface area contributed by atoms with Gasteiger partial charge in [-0.25, -0.2) is 18.4 Å². The van der Waals surface area contributed by atoms with Crippen molar-refractivity contribution >= 4 is 16.7 Å². The van der Waals surface area contributed by atoms with Crippen molar-refractivity contribution in [1.29, 1.82) is 5.26 Å². The molecule has 0 atom stereocenters. The Morgan fingerprint density at radius 2 is 1.94 bits per heavy atom. The van der Waals surface area contributed by atoms with Crippen LogP contribution < -0.4 is 10.5 Å². The highest BCUT2D eigenvalue weighted by Crippen LogP contribution is 2.44. The van der Waals surface area contributed by atoms with Gasteiger partial charge in [0.05, 0.1) is 24.4 Å². The Bertz CT molecular complexity index is 1480. The quantitative estimate of drug-likeness (QED) is 0.460. The van der Waals surface area contributed by atoms with Crippen molar-refractivity contribution in [3.8, 4) is 34.3 Å². The molecule has 7 nitrogen and oxygen atoms in total. The first-order valence-corrected chi connectivity index (χ1v) is 10.7. The van der Waals surface area contributed by atoms with Crippen LogP contribution >= 0.6 is 0 Å². The van der Waals surface area contributed by atoms with Crippen LogP contribution in [0.3, 0.4) is 0 Å². The molecule has 1 aliphatic carbocycles. The molecule has 0 bridgehead atoms. The van der Waals surface area contributed by atoms with Crippen molar-refractivity contribution in [3.05, 3.63) is 59.7 Å². The molecule has 5 rings (SSSR count). The molecule has 2 aromatic heterocycles. The first-order valence-electron chi connectivity index (χ1n) is 10.7. The zero-order valence-electron chi connectivity index (χ0n) is 18.5. The van der Waals surface area contributed by atoms with Gasteiger partial charge in [0.25, 0.3) is 0 Å². The van der Waals surface area contributed by atoms with Gasteiger partial charge in [-0.1, -0.05) is 12.1 Å². The smallest absolute Gasteiger partial charge is 0.159 e. The molecule has 0 radical (unpaired) electrons. The number of nitrogens with two attached hydrogens (primary N) is 1. The fourth-order valence-corrected chi connectivity index (χ4v) is 4.54. The summed E-state index contributed by atoms with van der Waals surface area (Å²) in [5, 5.41) is 24.6. The summed E-state index contributed by atoms with van der Waals surface area (Å²) < 4.78 is 37.2. The van der Waals surface area contributed by atoms with Crippen LogP contribution in [-0.2, 0) is 0 Å². The van der Waals surface area contributed by atoms with E-state index >= 15 is 4.39 Å². The number of rotatable bonds is 4. The minimum absolute atomic E-state index is 0.0424. The van der Waals surface area contributed by atoms with Crippen LogP contribution in [0.1, 0.15) is 31.4 Å². The molecule has 0 saturated heterocycles. The third-order valence-electron chi connectivity index (χ3n) is 6.26. The van der Waals surface area contributed by atoms with E-state index in [0.717, 1.165) is 0 Å². The van der Waals surface area contributed by atoms with Crippen LogP contribution in [0.4, 0.5) is 14.6 Å². The number of anilines is 1. The van der Waals surface area contributed by atoms with Gasteiger partial charge in [0, 0.05) is 22.6 Å². The molecule has 9 heteroatoms. The summed E-state index contributed by atoms with van der Waals surface area (Å²) in [6.07, 6.45) is 0.849. The minimum atomic E-state index is -0.826. The fraction of sp³-hybridized carbons (Fsp3) is 0.240. The van der Waals surface area contributed by atoms with E-state index in [1.54, 1.807) is 37.3 Å². The molecule has 0 unspecified atom stereocenters. The zero-order chi connectivity index (χ0) is 24.2. The Kier molecular flexibility index (Phi) is 4.99. The lowest BCUT2D eigenvalue weighted by molar-refractivity contribution is -0.0535. The number of nitrogen functional groups attached to an aromatic ring is 1. The van der Waals surface area contributed by atoms with Gasteiger partial charge in [-0.05, 0) is 44.0 Å². The predicted molar refractivity (Wildman–Crippen MR) is 123 cm³/mol. The highest BCUT2D eigenvalue weighted by atomic mass is 19.1. The molecule has 1 aliphatic rings. The van der Waals surface area contributed by atoms with E-state index in [-0.39, 0.29) is 45.5 Å². The molecule has 0 spiro atoms. The summed E-state index contributed by atoms with van der Waals surface area (Å²) in [6, 6.07) is 12.6. The Labute approximate surface area is 194 Å². The van der Waals surface area contributed by atoms with E-state index in [4.69, 9.17) is 10.5 Å². The molecule has 1 fully saturated rings. The molecule has 2 heterocycles. The summed E-state index contributed by atoms with van der Waals surface area (Å²) in [5.74, 6) is -0.780. The average Bonchev–Trinajstić information content (AvgIpc) is 3.13. The van der Waals surface area contributed by atoms with Crippen LogP contribution in [0.15, 0.2) is 42.5 Å². The number of nitriles is 1. The summed E-state index contributed by atoms with van der Waals surface area (Å²) in [5.41, 5.74) is 5.89. The van der Waals surface area contributed by atoms with Crippen LogP contribution in [0.2, 0.25) is 0 Å². The van der Waals surface area contributed by atoms with Crippen LogP contribution in [0.25, 0.3) is 33.4 Å². The number of aromatic nitrogens is 3. The van der Waals surface area contributed by atoms with Crippen molar-refractivity contribution in [3.63, 3.8) is 0 Å². The number of aliphatic hydroxyl groups is 1. The van der Waals surface area contributed by atoms with Gasteiger partial charge in [0.15, 0.2) is 5.82 Å². The molecule has 34 heavy (non-hydrogen) atoms. The van der Waals surface area contributed by atoms with E-state index < -0.39 is 17.2 Å². The number of nitrogens with zero attached hydrogens (tertiary/aromatic N) is 4. The molecule has 1 saturated carbocycles. The Morgan fingerprint density at radius 3 is 2.59 bits per heavy atom. The molecule has 3 N–H and O–H groups in total.